The summed E-state index contributed by atoms with van der Waals surface area (Å²) < 4.78 is 10.2. The number of ether oxygens (including phenoxy) is 1. The van der Waals surface area contributed by atoms with Gasteiger partial charge in [-0.25, -0.2) is 4.79 Å². The first-order chi connectivity index (χ1) is 11.4. The molecule has 2 aromatic rings. The predicted octanol–water partition coefficient (Wildman–Crippen LogP) is 2.79. The van der Waals surface area contributed by atoms with Crippen LogP contribution in [0, 0.1) is 19.8 Å². The summed E-state index contributed by atoms with van der Waals surface area (Å²) in [6.45, 7) is 7.33. The van der Waals surface area contributed by atoms with Crippen LogP contribution in [-0.4, -0.2) is 23.1 Å². The van der Waals surface area contributed by atoms with E-state index >= 15 is 0 Å². The van der Waals surface area contributed by atoms with Crippen LogP contribution >= 0.6 is 0 Å². The molecule has 1 aromatic heterocycles. The Labute approximate surface area is 141 Å². The van der Waals surface area contributed by atoms with Gasteiger partial charge in [-0.3, -0.25) is 4.79 Å². The summed E-state index contributed by atoms with van der Waals surface area (Å²) in [5.74, 6) is -0.243. The van der Waals surface area contributed by atoms with Gasteiger partial charge in [0.05, 0.1) is 0 Å². The molecule has 0 aliphatic rings. The first kappa shape index (κ1) is 17.7. The molecular formula is C18H22N2O4. The molecule has 0 aliphatic carbocycles. The van der Waals surface area contributed by atoms with Crippen molar-refractivity contribution in [3.05, 3.63) is 52.9 Å². The van der Waals surface area contributed by atoms with E-state index in [-0.39, 0.29) is 18.4 Å². The van der Waals surface area contributed by atoms with Crippen molar-refractivity contribution < 1.29 is 18.8 Å². The average Bonchev–Trinajstić information content (AvgIpc) is 2.95. The number of esters is 1. The fraction of sp³-hybridized carbons (Fsp3) is 0.389. The summed E-state index contributed by atoms with van der Waals surface area (Å²) in [5.41, 5.74) is 1.93. The van der Waals surface area contributed by atoms with E-state index in [4.69, 9.17) is 9.26 Å². The molecule has 128 valence electrons. The minimum absolute atomic E-state index is 0.0135. The molecule has 1 atom stereocenters. The lowest BCUT2D eigenvalue weighted by molar-refractivity contribution is -0.148. The summed E-state index contributed by atoms with van der Waals surface area (Å²) >= 11 is 0. The highest BCUT2D eigenvalue weighted by Gasteiger charge is 2.26. The second-order valence-electron chi connectivity index (χ2n) is 6.05. The van der Waals surface area contributed by atoms with Crippen LogP contribution in [0.1, 0.15) is 41.2 Å². The predicted molar refractivity (Wildman–Crippen MR) is 88.3 cm³/mol. The smallest absolute Gasteiger partial charge is 0.329 e. The lowest BCUT2D eigenvalue weighted by Gasteiger charge is -2.21. The van der Waals surface area contributed by atoms with E-state index in [2.05, 4.69) is 10.5 Å². The number of nitrogens with one attached hydrogen (secondary N) is 1. The lowest BCUT2D eigenvalue weighted by Crippen LogP contribution is -2.45. The normalized spacial score (nSPS) is 12.0. The zero-order valence-corrected chi connectivity index (χ0v) is 14.3. The molecule has 0 aliphatic heterocycles. The molecule has 0 unspecified atom stereocenters. The van der Waals surface area contributed by atoms with Crippen LogP contribution in [0.4, 0.5) is 0 Å². The minimum Gasteiger partial charge on any atom is -0.458 e. The van der Waals surface area contributed by atoms with Gasteiger partial charge in [-0.05, 0) is 31.4 Å². The lowest BCUT2D eigenvalue weighted by atomic mass is 10.0. The molecule has 0 fully saturated rings. The molecule has 24 heavy (non-hydrogen) atoms. The molecule has 6 heteroatoms. The molecule has 1 heterocycles. The van der Waals surface area contributed by atoms with Gasteiger partial charge in [-0.2, -0.15) is 0 Å². The van der Waals surface area contributed by atoms with E-state index < -0.39 is 12.0 Å². The molecular weight excluding hydrogens is 308 g/mol. The number of hydrogen-bond acceptors (Lipinski definition) is 5. The van der Waals surface area contributed by atoms with E-state index in [0.717, 1.165) is 5.56 Å². The molecule has 0 saturated heterocycles. The zero-order valence-electron chi connectivity index (χ0n) is 14.3. The Morgan fingerprint density at radius 3 is 2.54 bits per heavy atom. The summed E-state index contributed by atoms with van der Waals surface area (Å²) in [4.78, 5) is 24.7. The van der Waals surface area contributed by atoms with Crippen molar-refractivity contribution in [2.45, 2.75) is 40.3 Å². The highest BCUT2D eigenvalue weighted by molar-refractivity contribution is 5.98. The minimum atomic E-state index is -0.731. The van der Waals surface area contributed by atoms with Gasteiger partial charge in [0.15, 0.2) is 0 Å². The quantitative estimate of drug-likeness (QED) is 0.824. The Kier molecular flexibility index (Phi) is 5.73. The summed E-state index contributed by atoms with van der Waals surface area (Å²) in [7, 11) is 0. The third-order valence-electron chi connectivity index (χ3n) is 3.64. The number of nitrogens with zero attached hydrogens (tertiary/aromatic N) is 1. The number of carbonyl (C=O) groups is 2. The van der Waals surface area contributed by atoms with E-state index in [9.17, 15) is 9.59 Å². The third-order valence-corrected chi connectivity index (χ3v) is 3.64. The van der Waals surface area contributed by atoms with Crippen molar-refractivity contribution in [2.24, 2.45) is 5.92 Å². The Bertz CT molecular complexity index is 721. The van der Waals surface area contributed by atoms with Crippen LogP contribution in [0.2, 0.25) is 0 Å². The number of amides is 1. The SMILES string of the molecule is Cc1cc(COC(=O)[C@@H](NC(=O)c2ccccc2C)C(C)C)no1. The van der Waals surface area contributed by atoms with Gasteiger partial charge < -0.3 is 14.6 Å². The van der Waals surface area contributed by atoms with Crippen LogP contribution in [0.15, 0.2) is 34.9 Å². The Morgan fingerprint density at radius 1 is 1.25 bits per heavy atom. The molecule has 0 bridgehead atoms. The van der Waals surface area contributed by atoms with Gasteiger partial charge in [0.1, 0.15) is 24.1 Å². The number of rotatable bonds is 6. The van der Waals surface area contributed by atoms with Crippen molar-refractivity contribution >= 4 is 11.9 Å². The monoisotopic (exact) mass is 330 g/mol. The molecule has 2 rings (SSSR count). The highest BCUT2D eigenvalue weighted by atomic mass is 16.5. The van der Waals surface area contributed by atoms with E-state index in [0.29, 0.717) is 17.0 Å². The maximum absolute atomic E-state index is 12.4. The van der Waals surface area contributed by atoms with Gasteiger partial charge >= 0.3 is 5.97 Å². The number of aromatic nitrogens is 1. The molecule has 1 aromatic carbocycles. The third kappa shape index (κ3) is 4.44. The van der Waals surface area contributed by atoms with Crippen LogP contribution in [0.5, 0.6) is 0 Å². The number of hydrogen-bond donors (Lipinski definition) is 1. The summed E-state index contributed by atoms with van der Waals surface area (Å²) in [6.07, 6.45) is 0. The largest absolute Gasteiger partial charge is 0.458 e. The van der Waals surface area contributed by atoms with Crippen LogP contribution in [0.3, 0.4) is 0 Å². The van der Waals surface area contributed by atoms with Crippen molar-refractivity contribution in [1.82, 2.24) is 10.5 Å². The van der Waals surface area contributed by atoms with Crippen molar-refractivity contribution in [3.63, 3.8) is 0 Å². The Balaban J connectivity index is 2.01. The second-order valence-corrected chi connectivity index (χ2v) is 6.05. The van der Waals surface area contributed by atoms with Crippen LogP contribution < -0.4 is 5.32 Å². The van der Waals surface area contributed by atoms with Gasteiger partial charge in [0.2, 0.25) is 0 Å². The zero-order chi connectivity index (χ0) is 17.7. The fourth-order valence-electron chi connectivity index (χ4n) is 2.27. The Hall–Kier alpha value is -2.63. The van der Waals surface area contributed by atoms with E-state index in [1.54, 1.807) is 25.1 Å². The maximum atomic E-state index is 12.4. The van der Waals surface area contributed by atoms with Crippen molar-refractivity contribution in [2.75, 3.05) is 0 Å². The van der Waals surface area contributed by atoms with Crippen molar-refractivity contribution in [3.8, 4) is 0 Å². The van der Waals surface area contributed by atoms with E-state index in [1.165, 1.54) is 0 Å². The highest BCUT2D eigenvalue weighted by Crippen LogP contribution is 2.11. The van der Waals surface area contributed by atoms with Gasteiger partial charge in [0, 0.05) is 11.6 Å². The topological polar surface area (TPSA) is 81.4 Å². The first-order valence-electron chi connectivity index (χ1n) is 7.83. The summed E-state index contributed by atoms with van der Waals surface area (Å²) in [5, 5.41) is 6.53. The first-order valence-corrected chi connectivity index (χ1v) is 7.83. The summed E-state index contributed by atoms with van der Waals surface area (Å²) in [6, 6.07) is 8.20. The van der Waals surface area contributed by atoms with Crippen molar-refractivity contribution in [1.29, 1.82) is 0 Å². The van der Waals surface area contributed by atoms with Crippen LogP contribution in [-0.2, 0) is 16.1 Å². The van der Waals surface area contributed by atoms with Gasteiger partial charge in [0.25, 0.3) is 5.91 Å². The fourth-order valence-corrected chi connectivity index (χ4v) is 2.27. The van der Waals surface area contributed by atoms with Crippen LogP contribution in [0.25, 0.3) is 0 Å². The number of benzene rings is 1. The van der Waals surface area contributed by atoms with Gasteiger partial charge in [-0.1, -0.05) is 37.2 Å². The second kappa shape index (κ2) is 7.77. The average molecular weight is 330 g/mol. The number of carbonyl (C=O) groups excluding carboxylic acids is 2. The number of aryl methyl sites for hydroxylation is 2. The maximum Gasteiger partial charge on any atom is 0.329 e. The molecule has 0 saturated carbocycles. The Morgan fingerprint density at radius 2 is 1.96 bits per heavy atom. The van der Waals surface area contributed by atoms with Gasteiger partial charge in [-0.15, -0.1) is 0 Å². The molecule has 0 radical (unpaired) electrons. The molecule has 1 amide bonds. The molecule has 1 N–H and O–H groups in total. The molecule has 6 nitrogen and oxygen atoms in total. The standard InChI is InChI=1S/C18H22N2O4/c1-11(2)16(18(22)23-10-14-9-13(4)24-20-14)19-17(21)15-8-6-5-7-12(15)3/h5-9,11,16H,10H2,1-4H3,(H,19,21)/t16-/m0/s1. The molecule has 0 spiro atoms. The van der Waals surface area contributed by atoms with E-state index in [1.807, 2.05) is 32.9 Å².